The Morgan fingerprint density at radius 1 is 1.47 bits per heavy atom. The van der Waals surface area contributed by atoms with Gasteiger partial charge in [0.05, 0.1) is 0 Å². The number of rotatable bonds is 4. The summed E-state index contributed by atoms with van der Waals surface area (Å²) in [5, 5.41) is 0. The van der Waals surface area contributed by atoms with Gasteiger partial charge in [-0.05, 0) is 44.0 Å². The predicted molar refractivity (Wildman–Crippen MR) is 70.3 cm³/mol. The van der Waals surface area contributed by atoms with Crippen LogP contribution in [-0.4, -0.2) is 37.2 Å². The summed E-state index contributed by atoms with van der Waals surface area (Å²) < 4.78 is 5.74. The summed E-state index contributed by atoms with van der Waals surface area (Å²) in [7, 11) is 0. The number of hydrogen-bond donors (Lipinski definition) is 1. The fourth-order valence-corrected chi connectivity index (χ4v) is 2.29. The monoisotopic (exact) mass is 234 g/mol. The molecule has 1 aliphatic rings. The minimum atomic E-state index is 0.350. The Labute approximate surface area is 104 Å². The quantitative estimate of drug-likeness (QED) is 0.863. The molecule has 3 nitrogen and oxygen atoms in total. The van der Waals surface area contributed by atoms with Crippen molar-refractivity contribution >= 4 is 0 Å². The third-order valence-electron chi connectivity index (χ3n) is 3.21. The molecule has 0 amide bonds. The number of ether oxygens (including phenoxy) is 1. The van der Waals surface area contributed by atoms with Crippen molar-refractivity contribution in [1.29, 1.82) is 0 Å². The van der Waals surface area contributed by atoms with Crippen LogP contribution in [0, 0.1) is 6.92 Å². The van der Waals surface area contributed by atoms with Gasteiger partial charge in [-0.25, -0.2) is 0 Å². The average molecular weight is 234 g/mol. The predicted octanol–water partition coefficient (Wildman–Crippen LogP) is 1.80. The Morgan fingerprint density at radius 2 is 2.35 bits per heavy atom. The number of benzene rings is 1. The molecule has 0 spiro atoms. The molecule has 0 aromatic heterocycles. The van der Waals surface area contributed by atoms with E-state index in [1.807, 2.05) is 12.1 Å². The van der Waals surface area contributed by atoms with Crippen LogP contribution in [0.4, 0.5) is 0 Å². The van der Waals surface area contributed by atoms with Gasteiger partial charge in [0.1, 0.15) is 12.4 Å². The van der Waals surface area contributed by atoms with Crippen molar-refractivity contribution in [2.45, 2.75) is 25.8 Å². The summed E-state index contributed by atoms with van der Waals surface area (Å²) in [5.41, 5.74) is 7.18. The van der Waals surface area contributed by atoms with Crippen molar-refractivity contribution in [2.75, 3.05) is 26.2 Å². The average Bonchev–Trinajstić information content (AvgIpc) is 2.29. The van der Waals surface area contributed by atoms with Gasteiger partial charge < -0.3 is 10.5 Å². The SMILES string of the molecule is Cc1cccc(OCCN2CCCC(N)C2)c1. The van der Waals surface area contributed by atoms with Gasteiger partial charge in [0.25, 0.3) is 0 Å². The van der Waals surface area contributed by atoms with E-state index >= 15 is 0 Å². The zero-order valence-corrected chi connectivity index (χ0v) is 10.6. The first kappa shape index (κ1) is 12.4. The van der Waals surface area contributed by atoms with Gasteiger partial charge in [0.2, 0.25) is 0 Å². The smallest absolute Gasteiger partial charge is 0.119 e. The van der Waals surface area contributed by atoms with Crippen molar-refractivity contribution < 1.29 is 4.74 Å². The third-order valence-corrected chi connectivity index (χ3v) is 3.21. The first-order valence-corrected chi connectivity index (χ1v) is 6.41. The normalized spacial score (nSPS) is 21.4. The summed E-state index contributed by atoms with van der Waals surface area (Å²) in [6.07, 6.45) is 2.38. The summed E-state index contributed by atoms with van der Waals surface area (Å²) in [5.74, 6) is 0.964. The lowest BCUT2D eigenvalue weighted by Gasteiger charge is -2.30. The van der Waals surface area contributed by atoms with E-state index < -0.39 is 0 Å². The van der Waals surface area contributed by atoms with E-state index in [1.54, 1.807) is 0 Å². The summed E-state index contributed by atoms with van der Waals surface area (Å²) in [6.45, 7) is 5.97. The summed E-state index contributed by atoms with van der Waals surface area (Å²) in [4.78, 5) is 2.39. The number of aryl methyl sites for hydroxylation is 1. The van der Waals surface area contributed by atoms with E-state index in [9.17, 15) is 0 Å². The van der Waals surface area contributed by atoms with Crippen molar-refractivity contribution in [1.82, 2.24) is 4.90 Å². The molecular formula is C14H22N2O. The first-order valence-electron chi connectivity index (χ1n) is 6.41. The van der Waals surface area contributed by atoms with E-state index in [1.165, 1.54) is 12.0 Å². The number of nitrogens with two attached hydrogens (primary N) is 1. The van der Waals surface area contributed by atoms with Crippen LogP contribution in [0.15, 0.2) is 24.3 Å². The van der Waals surface area contributed by atoms with Crippen LogP contribution in [-0.2, 0) is 0 Å². The molecule has 1 aromatic carbocycles. The minimum Gasteiger partial charge on any atom is -0.492 e. The molecule has 2 rings (SSSR count). The molecule has 1 unspecified atom stereocenters. The van der Waals surface area contributed by atoms with Gasteiger partial charge >= 0.3 is 0 Å². The summed E-state index contributed by atoms with van der Waals surface area (Å²) in [6, 6.07) is 8.54. The van der Waals surface area contributed by atoms with Crippen LogP contribution in [0.25, 0.3) is 0 Å². The molecule has 1 heterocycles. The Kier molecular flexibility index (Phi) is 4.40. The van der Waals surface area contributed by atoms with Crippen molar-refractivity contribution in [2.24, 2.45) is 5.73 Å². The van der Waals surface area contributed by atoms with E-state index in [0.29, 0.717) is 6.04 Å². The molecule has 1 aromatic rings. The lowest BCUT2D eigenvalue weighted by Crippen LogP contribution is -2.44. The molecule has 17 heavy (non-hydrogen) atoms. The highest BCUT2D eigenvalue weighted by molar-refractivity contribution is 5.27. The van der Waals surface area contributed by atoms with Crippen LogP contribution in [0.2, 0.25) is 0 Å². The Morgan fingerprint density at radius 3 is 3.12 bits per heavy atom. The van der Waals surface area contributed by atoms with Gasteiger partial charge in [0.15, 0.2) is 0 Å². The second-order valence-electron chi connectivity index (χ2n) is 4.87. The maximum Gasteiger partial charge on any atom is 0.119 e. The van der Waals surface area contributed by atoms with Crippen LogP contribution in [0.1, 0.15) is 18.4 Å². The molecule has 94 valence electrons. The molecule has 0 radical (unpaired) electrons. The second-order valence-corrected chi connectivity index (χ2v) is 4.87. The van der Waals surface area contributed by atoms with Gasteiger partial charge in [0, 0.05) is 19.1 Å². The van der Waals surface area contributed by atoms with Gasteiger partial charge in [-0.15, -0.1) is 0 Å². The van der Waals surface area contributed by atoms with E-state index in [4.69, 9.17) is 10.5 Å². The van der Waals surface area contributed by atoms with E-state index in [-0.39, 0.29) is 0 Å². The van der Waals surface area contributed by atoms with Gasteiger partial charge in [-0.1, -0.05) is 12.1 Å². The zero-order valence-electron chi connectivity index (χ0n) is 10.6. The van der Waals surface area contributed by atoms with Crippen LogP contribution >= 0.6 is 0 Å². The molecule has 1 atom stereocenters. The fraction of sp³-hybridized carbons (Fsp3) is 0.571. The number of nitrogens with zero attached hydrogens (tertiary/aromatic N) is 1. The minimum absolute atomic E-state index is 0.350. The lowest BCUT2D eigenvalue weighted by atomic mass is 10.1. The zero-order chi connectivity index (χ0) is 12.1. The maximum atomic E-state index is 5.95. The first-order chi connectivity index (χ1) is 8.24. The fourth-order valence-electron chi connectivity index (χ4n) is 2.29. The topological polar surface area (TPSA) is 38.5 Å². The van der Waals surface area contributed by atoms with Crippen molar-refractivity contribution in [3.63, 3.8) is 0 Å². The molecule has 3 heteroatoms. The molecule has 1 aliphatic heterocycles. The number of hydrogen-bond acceptors (Lipinski definition) is 3. The molecule has 1 saturated heterocycles. The van der Waals surface area contributed by atoms with Gasteiger partial charge in [-0.3, -0.25) is 4.90 Å². The molecule has 0 saturated carbocycles. The number of likely N-dealkylation sites (tertiary alicyclic amines) is 1. The third kappa shape index (κ3) is 4.02. The molecule has 0 aliphatic carbocycles. The van der Waals surface area contributed by atoms with Crippen molar-refractivity contribution in [3.8, 4) is 5.75 Å². The highest BCUT2D eigenvalue weighted by atomic mass is 16.5. The standard InChI is InChI=1S/C14H22N2O/c1-12-4-2-6-14(10-12)17-9-8-16-7-3-5-13(15)11-16/h2,4,6,10,13H,3,5,7-9,11,15H2,1H3. The Bertz CT molecular complexity index is 354. The molecular weight excluding hydrogens is 212 g/mol. The Hall–Kier alpha value is -1.06. The lowest BCUT2D eigenvalue weighted by molar-refractivity contribution is 0.171. The second kappa shape index (κ2) is 6.03. The largest absolute Gasteiger partial charge is 0.492 e. The van der Waals surface area contributed by atoms with Crippen LogP contribution in [0.3, 0.4) is 0 Å². The summed E-state index contributed by atoms with van der Waals surface area (Å²) >= 11 is 0. The number of piperidine rings is 1. The van der Waals surface area contributed by atoms with Crippen LogP contribution in [0.5, 0.6) is 5.75 Å². The molecule has 1 fully saturated rings. The Balaban J connectivity index is 1.72. The highest BCUT2D eigenvalue weighted by Gasteiger charge is 2.15. The molecule has 2 N–H and O–H groups in total. The van der Waals surface area contributed by atoms with E-state index in [2.05, 4.69) is 24.0 Å². The van der Waals surface area contributed by atoms with E-state index in [0.717, 1.165) is 38.4 Å². The maximum absolute atomic E-state index is 5.95. The van der Waals surface area contributed by atoms with Gasteiger partial charge in [-0.2, -0.15) is 0 Å². The highest BCUT2D eigenvalue weighted by Crippen LogP contribution is 2.13. The molecule has 0 bridgehead atoms. The van der Waals surface area contributed by atoms with Crippen LogP contribution < -0.4 is 10.5 Å². The van der Waals surface area contributed by atoms with Crippen molar-refractivity contribution in [3.05, 3.63) is 29.8 Å².